The quantitative estimate of drug-likeness (QED) is 0.274. The van der Waals surface area contributed by atoms with Gasteiger partial charge in [-0.3, -0.25) is 9.78 Å². The molecule has 0 aliphatic rings. The molecule has 1 amide bonds. The van der Waals surface area contributed by atoms with Crippen LogP contribution in [0.2, 0.25) is 0 Å². The molecular weight excluding hydrogens is 460 g/mol. The van der Waals surface area contributed by atoms with Crippen LogP contribution in [0.4, 0.5) is 0 Å². The smallest absolute Gasteiger partial charge is 0.254 e. The molecule has 0 spiro atoms. The fourth-order valence-corrected chi connectivity index (χ4v) is 4.38. The zero-order valence-corrected chi connectivity index (χ0v) is 20.7. The molecule has 35 heavy (non-hydrogen) atoms. The number of methoxy groups -OCH3 is 2. The normalized spacial score (nSPS) is 10.6. The zero-order valence-electron chi connectivity index (χ0n) is 19.8. The van der Waals surface area contributed by atoms with Crippen LogP contribution in [0.3, 0.4) is 0 Å². The molecule has 0 N–H and O–H groups in total. The summed E-state index contributed by atoms with van der Waals surface area (Å²) in [6, 6.07) is 22.8. The number of thiophene rings is 1. The molecule has 0 saturated heterocycles. The SMILES string of the molecule is COc1cccc(C(=O)N(Cc2ccc(OCCc3cccs3)c(OC)c2)Cc2ccccn2)c1. The molecule has 7 heteroatoms. The number of amides is 1. The summed E-state index contributed by atoms with van der Waals surface area (Å²) in [5.74, 6) is 1.85. The summed E-state index contributed by atoms with van der Waals surface area (Å²) in [5, 5.41) is 2.06. The molecular formula is C28H28N2O4S. The summed E-state index contributed by atoms with van der Waals surface area (Å²) in [4.78, 5) is 20.9. The second-order valence-electron chi connectivity index (χ2n) is 7.88. The number of nitrogens with zero attached hydrogens (tertiary/aromatic N) is 2. The van der Waals surface area contributed by atoms with Gasteiger partial charge in [0.25, 0.3) is 5.91 Å². The molecule has 180 valence electrons. The van der Waals surface area contributed by atoms with Crippen molar-refractivity contribution < 1.29 is 19.0 Å². The van der Waals surface area contributed by atoms with E-state index < -0.39 is 0 Å². The standard InChI is InChI=1S/C28H28N2O4S/c1-32-24-9-5-7-22(18-24)28(31)30(20-23-8-3-4-14-29-23)19-21-11-12-26(27(17-21)33-2)34-15-13-25-10-6-16-35-25/h3-12,14,16-18H,13,15,19-20H2,1-2H3. The van der Waals surface area contributed by atoms with Gasteiger partial charge in [-0.25, -0.2) is 0 Å². The number of rotatable bonds is 11. The molecule has 2 aromatic heterocycles. The largest absolute Gasteiger partial charge is 0.497 e. The van der Waals surface area contributed by atoms with E-state index in [0.29, 0.717) is 42.5 Å². The molecule has 0 atom stereocenters. The number of benzene rings is 2. The zero-order chi connectivity index (χ0) is 24.5. The van der Waals surface area contributed by atoms with E-state index in [4.69, 9.17) is 14.2 Å². The van der Waals surface area contributed by atoms with Crippen molar-refractivity contribution in [1.29, 1.82) is 0 Å². The van der Waals surface area contributed by atoms with Crippen LogP contribution in [0, 0.1) is 0 Å². The van der Waals surface area contributed by atoms with Gasteiger partial charge in [0.15, 0.2) is 11.5 Å². The van der Waals surface area contributed by atoms with Gasteiger partial charge in [-0.05, 0) is 59.5 Å². The third kappa shape index (κ3) is 6.61. The Hall–Kier alpha value is -3.84. The minimum absolute atomic E-state index is 0.107. The molecule has 0 aliphatic carbocycles. The Bertz CT molecular complexity index is 1230. The van der Waals surface area contributed by atoms with Gasteiger partial charge in [0, 0.05) is 29.6 Å². The maximum atomic E-state index is 13.5. The second-order valence-corrected chi connectivity index (χ2v) is 8.91. The van der Waals surface area contributed by atoms with Gasteiger partial charge in [-0.15, -0.1) is 11.3 Å². The number of pyridine rings is 1. The highest BCUT2D eigenvalue weighted by Gasteiger charge is 2.19. The van der Waals surface area contributed by atoms with Crippen LogP contribution in [0.5, 0.6) is 17.2 Å². The molecule has 2 heterocycles. The predicted molar refractivity (Wildman–Crippen MR) is 137 cm³/mol. The first-order valence-corrected chi connectivity index (χ1v) is 12.2. The Morgan fingerprint density at radius 3 is 2.57 bits per heavy atom. The van der Waals surface area contributed by atoms with Crippen molar-refractivity contribution in [2.45, 2.75) is 19.5 Å². The molecule has 4 rings (SSSR count). The lowest BCUT2D eigenvalue weighted by Crippen LogP contribution is -2.30. The predicted octanol–water partition coefficient (Wildman–Crippen LogP) is 5.62. The van der Waals surface area contributed by atoms with Gasteiger partial charge in [0.2, 0.25) is 0 Å². The molecule has 6 nitrogen and oxygen atoms in total. The number of hydrogen-bond acceptors (Lipinski definition) is 6. The highest BCUT2D eigenvalue weighted by Crippen LogP contribution is 2.29. The first-order valence-electron chi connectivity index (χ1n) is 11.3. The Morgan fingerprint density at radius 1 is 0.914 bits per heavy atom. The molecule has 0 unspecified atom stereocenters. The lowest BCUT2D eigenvalue weighted by Gasteiger charge is -2.23. The Balaban J connectivity index is 1.52. The van der Waals surface area contributed by atoms with E-state index >= 15 is 0 Å². The minimum atomic E-state index is -0.107. The number of ether oxygens (including phenoxy) is 3. The average Bonchev–Trinajstić information content (AvgIpc) is 3.43. The van der Waals surface area contributed by atoms with Gasteiger partial charge < -0.3 is 19.1 Å². The van der Waals surface area contributed by atoms with E-state index in [9.17, 15) is 4.79 Å². The Labute approximate surface area is 209 Å². The highest BCUT2D eigenvalue weighted by molar-refractivity contribution is 7.09. The van der Waals surface area contributed by atoms with Crippen molar-refractivity contribution >= 4 is 17.2 Å². The van der Waals surface area contributed by atoms with Gasteiger partial charge in [0.05, 0.1) is 33.1 Å². The van der Waals surface area contributed by atoms with Gasteiger partial charge in [0.1, 0.15) is 5.75 Å². The summed E-state index contributed by atoms with van der Waals surface area (Å²) in [6.07, 6.45) is 2.57. The van der Waals surface area contributed by atoms with E-state index in [1.165, 1.54) is 4.88 Å². The maximum absolute atomic E-state index is 13.5. The van der Waals surface area contributed by atoms with Crippen LogP contribution in [-0.2, 0) is 19.5 Å². The summed E-state index contributed by atoms with van der Waals surface area (Å²) in [6.45, 7) is 1.33. The number of carbonyl (C=O) groups excluding carboxylic acids is 1. The van der Waals surface area contributed by atoms with E-state index in [0.717, 1.165) is 17.7 Å². The topological polar surface area (TPSA) is 60.9 Å². The third-order valence-corrected chi connectivity index (χ3v) is 6.41. The van der Waals surface area contributed by atoms with Crippen LogP contribution < -0.4 is 14.2 Å². The Morgan fingerprint density at radius 2 is 1.83 bits per heavy atom. The summed E-state index contributed by atoms with van der Waals surface area (Å²) >= 11 is 1.72. The number of carbonyl (C=O) groups is 1. The lowest BCUT2D eigenvalue weighted by molar-refractivity contribution is 0.0727. The maximum Gasteiger partial charge on any atom is 0.254 e. The van der Waals surface area contributed by atoms with Crippen molar-refractivity contribution in [1.82, 2.24) is 9.88 Å². The first kappa shape index (κ1) is 24.3. The van der Waals surface area contributed by atoms with Gasteiger partial charge >= 0.3 is 0 Å². The highest BCUT2D eigenvalue weighted by atomic mass is 32.1. The lowest BCUT2D eigenvalue weighted by atomic mass is 10.1. The molecule has 0 radical (unpaired) electrons. The van der Waals surface area contributed by atoms with Crippen molar-refractivity contribution in [3.05, 3.63) is 106 Å². The Kier molecular flexibility index (Phi) is 8.35. The molecule has 0 bridgehead atoms. The second kappa shape index (κ2) is 12.0. The summed E-state index contributed by atoms with van der Waals surface area (Å²) in [5.41, 5.74) is 2.30. The summed E-state index contributed by atoms with van der Waals surface area (Å²) < 4.78 is 16.9. The van der Waals surface area contributed by atoms with Crippen molar-refractivity contribution in [2.24, 2.45) is 0 Å². The van der Waals surface area contributed by atoms with Crippen LogP contribution in [0.1, 0.15) is 26.5 Å². The molecule has 0 aliphatic heterocycles. The monoisotopic (exact) mass is 488 g/mol. The van der Waals surface area contributed by atoms with Crippen LogP contribution in [0.15, 0.2) is 84.4 Å². The average molecular weight is 489 g/mol. The third-order valence-electron chi connectivity index (χ3n) is 5.47. The molecule has 4 aromatic rings. The van der Waals surface area contributed by atoms with E-state index in [2.05, 4.69) is 16.4 Å². The molecule has 2 aromatic carbocycles. The van der Waals surface area contributed by atoms with Crippen molar-refractivity contribution in [2.75, 3.05) is 20.8 Å². The van der Waals surface area contributed by atoms with Crippen LogP contribution >= 0.6 is 11.3 Å². The van der Waals surface area contributed by atoms with Crippen LogP contribution in [0.25, 0.3) is 0 Å². The van der Waals surface area contributed by atoms with E-state index in [1.807, 2.05) is 54.6 Å². The van der Waals surface area contributed by atoms with E-state index in [-0.39, 0.29) is 5.91 Å². The first-order chi connectivity index (χ1) is 17.2. The van der Waals surface area contributed by atoms with Crippen molar-refractivity contribution in [3.63, 3.8) is 0 Å². The number of aromatic nitrogens is 1. The minimum Gasteiger partial charge on any atom is -0.497 e. The molecule has 0 saturated carbocycles. The summed E-state index contributed by atoms with van der Waals surface area (Å²) in [7, 11) is 3.21. The number of hydrogen-bond donors (Lipinski definition) is 0. The van der Waals surface area contributed by atoms with Crippen LogP contribution in [-0.4, -0.2) is 36.6 Å². The van der Waals surface area contributed by atoms with Gasteiger partial charge in [-0.1, -0.05) is 24.3 Å². The van der Waals surface area contributed by atoms with Gasteiger partial charge in [-0.2, -0.15) is 0 Å². The fraction of sp³-hybridized carbons (Fsp3) is 0.214. The van der Waals surface area contributed by atoms with E-state index in [1.54, 1.807) is 48.8 Å². The molecule has 0 fully saturated rings. The fourth-order valence-electron chi connectivity index (χ4n) is 3.69. The van der Waals surface area contributed by atoms with Crippen molar-refractivity contribution in [3.8, 4) is 17.2 Å².